The van der Waals surface area contributed by atoms with E-state index in [9.17, 15) is 0 Å². The van der Waals surface area contributed by atoms with Crippen LogP contribution < -0.4 is 0 Å². The van der Waals surface area contributed by atoms with Crippen molar-refractivity contribution in [2.45, 2.75) is 0 Å². The molecule has 1 rings (SSSR count). The Morgan fingerprint density at radius 3 is 2.90 bits per heavy atom. The third-order valence-corrected chi connectivity index (χ3v) is 2.77. The zero-order valence-electron chi connectivity index (χ0n) is 5.35. The summed E-state index contributed by atoms with van der Waals surface area (Å²) in [6, 6.07) is 1.81. The molecule has 0 aromatic carbocycles. The molecule has 1 heterocycles. The fourth-order valence-corrected chi connectivity index (χ4v) is 1.85. The van der Waals surface area contributed by atoms with Crippen LogP contribution in [0.3, 0.4) is 0 Å². The Hall–Kier alpha value is 0.01000. The monoisotopic (exact) mass is 191 g/mol. The SMILES string of the molecule is CSC(=N)c1csc(Cl)c1. The molecular formula is C6H6ClNS2. The standard InChI is InChI=1S/C6H6ClNS2/c1-9-6(8)4-2-5(7)10-3-4/h2-3,8H,1H3. The number of nitrogens with one attached hydrogen (secondary N) is 1. The van der Waals surface area contributed by atoms with E-state index in [1.54, 1.807) is 0 Å². The first-order chi connectivity index (χ1) is 4.74. The maximum Gasteiger partial charge on any atom is 0.0948 e. The summed E-state index contributed by atoms with van der Waals surface area (Å²) < 4.78 is 0.744. The summed E-state index contributed by atoms with van der Waals surface area (Å²) in [5.41, 5.74) is 0.919. The van der Waals surface area contributed by atoms with Crippen LogP contribution in [-0.2, 0) is 0 Å². The summed E-state index contributed by atoms with van der Waals surface area (Å²) in [6.07, 6.45) is 1.88. The number of halogens is 1. The highest BCUT2D eigenvalue weighted by Crippen LogP contribution is 2.22. The Kier molecular flexibility index (Phi) is 2.77. The van der Waals surface area contributed by atoms with Gasteiger partial charge in [0.2, 0.25) is 0 Å². The fourth-order valence-electron chi connectivity index (χ4n) is 0.547. The van der Waals surface area contributed by atoms with Crippen molar-refractivity contribution in [1.29, 1.82) is 5.41 Å². The van der Waals surface area contributed by atoms with Gasteiger partial charge in [0.05, 0.1) is 9.38 Å². The van der Waals surface area contributed by atoms with Crippen molar-refractivity contribution in [3.8, 4) is 0 Å². The lowest BCUT2D eigenvalue weighted by Crippen LogP contribution is -1.86. The van der Waals surface area contributed by atoms with E-state index in [2.05, 4.69) is 0 Å². The predicted molar refractivity (Wildman–Crippen MR) is 49.7 cm³/mol. The van der Waals surface area contributed by atoms with Gasteiger partial charge in [-0.3, -0.25) is 5.41 Å². The van der Waals surface area contributed by atoms with Crippen LogP contribution in [0.2, 0.25) is 4.34 Å². The van der Waals surface area contributed by atoms with E-state index < -0.39 is 0 Å². The molecule has 1 nitrogen and oxygen atoms in total. The summed E-state index contributed by atoms with van der Waals surface area (Å²) in [5, 5.41) is 9.87. The summed E-state index contributed by atoms with van der Waals surface area (Å²) >= 11 is 8.56. The van der Waals surface area contributed by atoms with Crippen molar-refractivity contribution in [3.05, 3.63) is 21.3 Å². The van der Waals surface area contributed by atoms with Gasteiger partial charge in [0, 0.05) is 10.9 Å². The van der Waals surface area contributed by atoms with E-state index in [4.69, 9.17) is 17.0 Å². The van der Waals surface area contributed by atoms with Gasteiger partial charge in [0.1, 0.15) is 0 Å². The second kappa shape index (κ2) is 3.42. The fraction of sp³-hybridized carbons (Fsp3) is 0.167. The molecule has 0 bridgehead atoms. The second-order valence-electron chi connectivity index (χ2n) is 1.67. The number of rotatable bonds is 1. The molecule has 1 N–H and O–H groups in total. The molecule has 0 saturated carbocycles. The predicted octanol–water partition coefficient (Wildman–Crippen LogP) is 3.09. The molecule has 0 aliphatic rings. The minimum atomic E-state index is 0.572. The van der Waals surface area contributed by atoms with Crippen LogP contribution in [0.1, 0.15) is 5.56 Å². The molecule has 0 unspecified atom stereocenters. The third-order valence-electron chi connectivity index (χ3n) is 1.03. The van der Waals surface area contributed by atoms with Crippen molar-refractivity contribution in [2.24, 2.45) is 0 Å². The van der Waals surface area contributed by atoms with E-state index in [1.807, 2.05) is 17.7 Å². The van der Waals surface area contributed by atoms with Gasteiger partial charge in [-0.25, -0.2) is 0 Å². The van der Waals surface area contributed by atoms with Gasteiger partial charge in [-0.1, -0.05) is 11.6 Å². The quantitative estimate of drug-likeness (QED) is 0.535. The third kappa shape index (κ3) is 1.75. The number of hydrogen-bond acceptors (Lipinski definition) is 3. The normalized spacial score (nSPS) is 9.80. The average molecular weight is 192 g/mol. The molecule has 4 heteroatoms. The largest absolute Gasteiger partial charge is 0.293 e. The van der Waals surface area contributed by atoms with E-state index >= 15 is 0 Å². The van der Waals surface area contributed by atoms with E-state index in [0.29, 0.717) is 5.04 Å². The van der Waals surface area contributed by atoms with Gasteiger partial charge < -0.3 is 0 Å². The van der Waals surface area contributed by atoms with Gasteiger partial charge in [0.15, 0.2) is 0 Å². The molecule has 0 atom stereocenters. The maximum atomic E-state index is 7.40. The molecule has 0 fully saturated rings. The first kappa shape index (κ1) is 8.11. The van der Waals surface area contributed by atoms with Crippen LogP contribution >= 0.6 is 34.7 Å². The molecule has 54 valence electrons. The van der Waals surface area contributed by atoms with Gasteiger partial charge in [-0.05, 0) is 12.3 Å². The Morgan fingerprint density at radius 2 is 2.50 bits per heavy atom. The molecule has 0 saturated heterocycles. The molecule has 0 aliphatic carbocycles. The molecule has 0 aliphatic heterocycles. The van der Waals surface area contributed by atoms with E-state index in [0.717, 1.165) is 9.90 Å². The zero-order valence-corrected chi connectivity index (χ0v) is 7.74. The highest BCUT2D eigenvalue weighted by Gasteiger charge is 2.01. The summed E-state index contributed by atoms with van der Waals surface area (Å²) in [7, 11) is 0. The van der Waals surface area contributed by atoms with E-state index in [-0.39, 0.29) is 0 Å². The molecular weight excluding hydrogens is 186 g/mol. The highest BCUT2D eigenvalue weighted by molar-refractivity contribution is 8.13. The van der Waals surface area contributed by atoms with Gasteiger partial charge >= 0.3 is 0 Å². The van der Waals surface area contributed by atoms with Crippen molar-refractivity contribution in [1.82, 2.24) is 0 Å². The molecule has 1 aromatic heterocycles. The number of hydrogen-bond donors (Lipinski definition) is 1. The summed E-state index contributed by atoms with van der Waals surface area (Å²) in [6.45, 7) is 0. The maximum absolute atomic E-state index is 7.40. The minimum absolute atomic E-state index is 0.572. The Labute approximate surface area is 72.9 Å². The smallest absolute Gasteiger partial charge is 0.0948 e. The Balaban J connectivity index is 2.85. The van der Waals surface area contributed by atoms with Crippen LogP contribution in [-0.4, -0.2) is 11.3 Å². The lowest BCUT2D eigenvalue weighted by Gasteiger charge is -1.91. The van der Waals surface area contributed by atoms with Crippen molar-refractivity contribution < 1.29 is 0 Å². The van der Waals surface area contributed by atoms with Crippen LogP contribution in [0, 0.1) is 5.41 Å². The minimum Gasteiger partial charge on any atom is -0.293 e. The lowest BCUT2D eigenvalue weighted by atomic mass is 10.4. The molecule has 0 spiro atoms. The Bertz CT molecular complexity index is 244. The topological polar surface area (TPSA) is 23.9 Å². The molecule has 1 aromatic rings. The van der Waals surface area contributed by atoms with Crippen molar-refractivity contribution in [2.75, 3.05) is 6.26 Å². The number of thiophene rings is 1. The van der Waals surface area contributed by atoms with Crippen molar-refractivity contribution >= 4 is 39.7 Å². The highest BCUT2D eigenvalue weighted by atomic mass is 35.5. The Morgan fingerprint density at radius 1 is 1.80 bits per heavy atom. The average Bonchev–Trinajstić information content (AvgIpc) is 2.34. The summed E-state index contributed by atoms with van der Waals surface area (Å²) in [5.74, 6) is 0. The molecule has 0 amide bonds. The lowest BCUT2D eigenvalue weighted by molar-refractivity contribution is 1.55. The first-order valence-electron chi connectivity index (χ1n) is 2.61. The van der Waals surface area contributed by atoms with Gasteiger partial charge in [-0.2, -0.15) is 0 Å². The van der Waals surface area contributed by atoms with Crippen molar-refractivity contribution in [3.63, 3.8) is 0 Å². The molecule has 10 heavy (non-hydrogen) atoms. The van der Waals surface area contributed by atoms with Crippen LogP contribution in [0.25, 0.3) is 0 Å². The molecule has 0 radical (unpaired) electrons. The van der Waals surface area contributed by atoms with Crippen LogP contribution in [0.4, 0.5) is 0 Å². The summed E-state index contributed by atoms with van der Waals surface area (Å²) in [4.78, 5) is 0. The number of thioether (sulfide) groups is 1. The van der Waals surface area contributed by atoms with Gasteiger partial charge in [-0.15, -0.1) is 23.1 Å². The first-order valence-corrected chi connectivity index (χ1v) is 5.09. The van der Waals surface area contributed by atoms with Gasteiger partial charge in [0.25, 0.3) is 0 Å². The van der Waals surface area contributed by atoms with Crippen LogP contribution in [0.5, 0.6) is 0 Å². The van der Waals surface area contributed by atoms with Crippen LogP contribution in [0.15, 0.2) is 11.4 Å². The van der Waals surface area contributed by atoms with E-state index in [1.165, 1.54) is 23.1 Å². The second-order valence-corrected chi connectivity index (χ2v) is 4.03. The zero-order chi connectivity index (χ0) is 7.56.